The number of fused-ring (bicyclic) bond motifs is 1. The summed E-state index contributed by atoms with van der Waals surface area (Å²) in [7, 11) is 2.70. The number of hydrogen-bond donors (Lipinski definition) is 2. The quantitative estimate of drug-likeness (QED) is 0.303. The summed E-state index contributed by atoms with van der Waals surface area (Å²) in [6, 6.07) is 5.75. The van der Waals surface area contributed by atoms with Gasteiger partial charge in [-0.3, -0.25) is 4.72 Å². The molecule has 4 rings (SSSR count). The number of ether oxygens (including phenoxy) is 3. The average Bonchev–Trinajstić information content (AvgIpc) is 3.46. The van der Waals surface area contributed by atoms with E-state index in [9.17, 15) is 8.78 Å². The molecule has 0 aliphatic carbocycles. The standard InChI is InChI=1S/C19H17BrF2N6O3S/c1-29-17-16(31-9-13(21)22)18(30-2)26-19(25-17)27-32-12-8-23-14-10(12)4-5-11(20)15(14)28-7-3-6-24-28/h3-8,13,23H,9H2,1-2H3,(H,25,26,27). The highest BCUT2D eigenvalue weighted by atomic mass is 79.9. The minimum Gasteiger partial charge on any atom is -0.478 e. The van der Waals surface area contributed by atoms with Crippen LogP contribution in [0.25, 0.3) is 16.6 Å². The first-order chi connectivity index (χ1) is 15.5. The molecule has 3 aromatic heterocycles. The number of anilines is 1. The van der Waals surface area contributed by atoms with Crippen molar-refractivity contribution in [2.75, 3.05) is 25.5 Å². The average molecular weight is 527 g/mol. The van der Waals surface area contributed by atoms with Gasteiger partial charge < -0.3 is 19.2 Å². The Labute approximate surface area is 193 Å². The number of aromatic nitrogens is 5. The van der Waals surface area contributed by atoms with Crippen molar-refractivity contribution in [2.45, 2.75) is 11.3 Å². The first-order valence-corrected chi connectivity index (χ1v) is 10.8. The van der Waals surface area contributed by atoms with Crippen LogP contribution in [-0.4, -0.2) is 52.0 Å². The lowest BCUT2D eigenvalue weighted by molar-refractivity contribution is 0.0781. The van der Waals surface area contributed by atoms with Gasteiger partial charge in [-0.05, 0) is 40.0 Å². The maximum absolute atomic E-state index is 12.5. The van der Waals surface area contributed by atoms with Crippen LogP contribution in [0.4, 0.5) is 14.7 Å². The molecule has 9 nitrogen and oxygen atoms in total. The van der Waals surface area contributed by atoms with Crippen molar-refractivity contribution in [3.63, 3.8) is 0 Å². The van der Waals surface area contributed by atoms with E-state index in [1.54, 1.807) is 10.9 Å². The molecule has 0 bridgehead atoms. The van der Waals surface area contributed by atoms with Crippen molar-refractivity contribution in [3.05, 3.63) is 41.3 Å². The number of nitrogens with one attached hydrogen (secondary N) is 2. The zero-order chi connectivity index (χ0) is 22.7. The number of H-pyrrole nitrogens is 1. The van der Waals surface area contributed by atoms with Crippen molar-refractivity contribution in [1.29, 1.82) is 0 Å². The fraction of sp³-hybridized carbons (Fsp3) is 0.211. The van der Waals surface area contributed by atoms with Gasteiger partial charge in [-0.15, -0.1) is 0 Å². The van der Waals surface area contributed by atoms with Gasteiger partial charge in [0.2, 0.25) is 11.7 Å². The molecule has 32 heavy (non-hydrogen) atoms. The smallest absolute Gasteiger partial charge is 0.272 e. The van der Waals surface area contributed by atoms with E-state index < -0.39 is 13.0 Å². The van der Waals surface area contributed by atoms with Gasteiger partial charge in [0.15, 0.2) is 0 Å². The molecule has 0 saturated carbocycles. The molecule has 0 radical (unpaired) electrons. The zero-order valence-corrected chi connectivity index (χ0v) is 19.2. The van der Waals surface area contributed by atoms with E-state index in [0.29, 0.717) is 0 Å². The highest BCUT2D eigenvalue weighted by Gasteiger charge is 2.20. The number of benzene rings is 1. The van der Waals surface area contributed by atoms with E-state index in [2.05, 4.69) is 40.7 Å². The van der Waals surface area contributed by atoms with Gasteiger partial charge >= 0.3 is 0 Å². The summed E-state index contributed by atoms with van der Waals surface area (Å²) in [4.78, 5) is 12.5. The molecule has 0 amide bonds. The third-order valence-corrected chi connectivity index (χ3v) is 5.75. The monoisotopic (exact) mass is 526 g/mol. The second-order valence-corrected chi connectivity index (χ2v) is 7.93. The first-order valence-electron chi connectivity index (χ1n) is 9.15. The largest absolute Gasteiger partial charge is 0.478 e. The van der Waals surface area contributed by atoms with Crippen LogP contribution < -0.4 is 18.9 Å². The van der Waals surface area contributed by atoms with Crippen LogP contribution in [0.1, 0.15) is 0 Å². The lowest BCUT2D eigenvalue weighted by Gasteiger charge is -2.14. The van der Waals surface area contributed by atoms with E-state index in [1.165, 1.54) is 26.2 Å². The summed E-state index contributed by atoms with van der Waals surface area (Å²) in [6.07, 6.45) is 2.75. The molecular formula is C19H17BrF2N6O3S. The normalized spacial score (nSPS) is 11.2. The van der Waals surface area contributed by atoms with E-state index >= 15 is 0 Å². The summed E-state index contributed by atoms with van der Waals surface area (Å²) in [5, 5.41) is 5.26. The zero-order valence-electron chi connectivity index (χ0n) is 16.8. The number of hydrogen-bond acceptors (Lipinski definition) is 8. The number of nitrogens with zero attached hydrogens (tertiary/aromatic N) is 4. The minimum absolute atomic E-state index is 0.0237. The Morgan fingerprint density at radius 2 is 1.97 bits per heavy atom. The SMILES string of the molecule is COc1nc(NSc2c[nH]c3c(-n4cccn4)c(Br)ccc23)nc(OC)c1OCC(F)F. The summed E-state index contributed by atoms with van der Waals surface area (Å²) in [6.45, 7) is -0.832. The number of rotatable bonds is 9. The van der Waals surface area contributed by atoms with Crippen LogP contribution in [0.3, 0.4) is 0 Å². The van der Waals surface area contributed by atoms with Gasteiger partial charge in [0.25, 0.3) is 18.2 Å². The maximum Gasteiger partial charge on any atom is 0.272 e. The topological polar surface area (TPSA) is 99.1 Å². The first kappa shape index (κ1) is 22.1. The molecule has 1 aromatic carbocycles. The second kappa shape index (κ2) is 9.61. The van der Waals surface area contributed by atoms with Crippen LogP contribution in [0, 0.1) is 0 Å². The molecule has 0 fully saturated rings. The Bertz CT molecular complexity index is 1200. The van der Waals surface area contributed by atoms with Crippen molar-refractivity contribution >= 4 is 44.7 Å². The molecule has 0 aliphatic rings. The number of halogens is 3. The second-order valence-electron chi connectivity index (χ2n) is 6.22. The molecule has 2 N–H and O–H groups in total. The number of methoxy groups -OCH3 is 2. The molecule has 3 heterocycles. The minimum atomic E-state index is -2.66. The van der Waals surface area contributed by atoms with Crippen molar-refractivity contribution in [1.82, 2.24) is 24.7 Å². The Kier molecular flexibility index (Phi) is 6.65. The van der Waals surface area contributed by atoms with Gasteiger partial charge in [-0.1, -0.05) is 6.07 Å². The van der Waals surface area contributed by atoms with Gasteiger partial charge in [0.1, 0.15) is 12.3 Å². The highest BCUT2D eigenvalue weighted by Crippen LogP contribution is 2.38. The number of alkyl halides is 2. The molecule has 0 atom stereocenters. The van der Waals surface area contributed by atoms with Crippen LogP contribution in [0.2, 0.25) is 0 Å². The van der Waals surface area contributed by atoms with Crippen molar-refractivity contribution < 1.29 is 23.0 Å². The van der Waals surface area contributed by atoms with Gasteiger partial charge in [-0.2, -0.15) is 15.1 Å². The number of aromatic amines is 1. The van der Waals surface area contributed by atoms with Gasteiger partial charge in [0, 0.05) is 28.4 Å². The van der Waals surface area contributed by atoms with E-state index in [0.717, 1.165) is 26.0 Å². The summed E-state index contributed by atoms with van der Waals surface area (Å²) in [5.74, 6) is 0.0207. The summed E-state index contributed by atoms with van der Waals surface area (Å²) < 4.78 is 46.2. The lowest BCUT2D eigenvalue weighted by Crippen LogP contribution is -2.11. The Hall–Kier alpha value is -3.06. The molecular weight excluding hydrogens is 510 g/mol. The third-order valence-electron chi connectivity index (χ3n) is 4.27. The van der Waals surface area contributed by atoms with Crippen LogP contribution in [0.5, 0.6) is 17.5 Å². The molecule has 0 unspecified atom stereocenters. The third kappa shape index (κ3) is 4.43. The predicted octanol–water partition coefficient (Wildman–Crippen LogP) is 4.69. The molecule has 0 saturated heterocycles. The Morgan fingerprint density at radius 3 is 2.59 bits per heavy atom. The molecule has 0 aliphatic heterocycles. The molecule has 0 spiro atoms. The van der Waals surface area contributed by atoms with Crippen LogP contribution in [-0.2, 0) is 0 Å². The van der Waals surface area contributed by atoms with Crippen molar-refractivity contribution in [2.24, 2.45) is 0 Å². The highest BCUT2D eigenvalue weighted by molar-refractivity contribution is 9.10. The predicted molar refractivity (Wildman–Crippen MR) is 119 cm³/mol. The molecule has 168 valence electrons. The fourth-order valence-corrected chi connectivity index (χ4v) is 4.15. The molecule has 4 aromatic rings. The van der Waals surface area contributed by atoms with Crippen LogP contribution in [0.15, 0.2) is 46.2 Å². The Balaban J connectivity index is 1.60. The Morgan fingerprint density at radius 1 is 1.22 bits per heavy atom. The van der Waals surface area contributed by atoms with E-state index in [1.807, 2.05) is 30.6 Å². The molecule has 13 heteroatoms. The van der Waals surface area contributed by atoms with Crippen molar-refractivity contribution in [3.8, 4) is 23.2 Å². The summed E-state index contributed by atoms with van der Waals surface area (Å²) in [5.41, 5.74) is 1.76. The van der Waals surface area contributed by atoms with E-state index in [4.69, 9.17) is 14.2 Å². The lowest BCUT2D eigenvalue weighted by atomic mass is 10.2. The fourth-order valence-electron chi connectivity index (χ4n) is 2.95. The van der Waals surface area contributed by atoms with Gasteiger partial charge in [-0.25, -0.2) is 13.5 Å². The maximum atomic E-state index is 12.5. The van der Waals surface area contributed by atoms with Gasteiger partial charge in [0.05, 0.1) is 24.6 Å². The summed E-state index contributed by atoms with van der Waals surface area (Å²) >= 11 is 4.83. The van der Waals surface area contributed by atoms with E-state index in [-0.39, 0.29) is 23.5 Å². The van der Waals surface area contributed by atoms with Crippen LogP contribution >= 0.6 is 27.9 Å².